The Labute approximate surface area is 105 Å². The zero-order valence-corrected chi connectivity index (χ0v) is 10.6. The molecule has 6 heteroatoms. The molecule has 0 aromatic heterocycles. The molecule has 0 spiro atoms. The molecule has 96 valence electrons. The van der Waals surface area contributed by atoms with Crippen LogP contribution < -0.4 is 5.32 Å². The second-order valence-electron chi connectivity index (χ2n) is 4.37. The van der Waals surface area contributed by atoms with Crippen molar-refractivity contribution in [1.82, 2.24) is 5.32 Å². The molecule has 0 radical (unpaired) electrons. The number of hydrogen-bond acceptors (Lipinski definition) is 4. The highest BCUT2D eigenvalue weighted by molar-refractivity contribution is 7.92. The summed E-state index contributed by atoms with van der Waals surface area (Å²) in [5.74, 6) is -1.67. The summed E-state index contributed by atoms with van der Waals surface area (Å²) >= 11 is 0. The Morgan fingerprint density at radius 2 is 1.78 bits per heavy atom. The molecule has 1 heterocycles. The lowest BCUT2D eigenvalue weighted by molar-refractivity contribution is -0.134. The van der Waals surface area contributed by atoms with Crippen molar-refractivity contribution in [1.29, 1.82) is 0 Å². The van der Waals surface area contributed by atoms with Crippen LogP contribution in [0.15, 0.2) is 35.2 Å². The topological polar surface area (TPSA) is 80.3 Å². The zero-order chi connectivity index (χ0) is 13.3. The molecule has 1 fully saturated rings. The van der Waals surface area contributed by atoms with Crippen LogP contribution in [0, 0.1) is 5.92 Å². The molecule has 18 heavy (non-hydrogen) atoms. The fourth-order valence-corrected chi connectivity index (χ4v) is 4.00. The summed E-state index contributed by atoms with van der Waals surface area (Å²) in [6.07, 6.45) is 0.0441. The Morgan fingerprint density at radius 1 is 1.17 bits per heavy atom. The van der Waals surface area contributed by atoms with Gasteiger partial charge in [-0.25, -0.2) is 8.42 Å². The van der Waals surface area contributed by atoms with Crippen molar-refractivity contribution in [2.24, 2.45) is 5.92 Å². The lowest BCUT2D eigenvalue weighted by atomic mass is 9.99. The largest absolute Gasteiger partial charge is 0.295 e. The van der Waals surface area contributed by atoms with Gasteiger partial charge in [0.25, 0.3) is 0 Å². The molecule has 0 bridgehead atoms. The Bertz CT molecular complexity index is 579. The summed E-state index contributed by atoms with van der Waals surface area (Å²) < 4.78 is 24.7. The standard InChI is InChI=1S/C12H13NO4S/c1-8-7-10(14)13-12(15)11(8)18(16,17)9-5-3-2-4-6-9/h2-6,8,11H,7H2,1H3,(H,13,14,15)/t8-,11+/m1/s1. The number of benzene rings is 1. The SMILES string of the molecule is C[C@@H]1CC(=O)NC(=O)[C@H]1S(=O)(=O)c1ccccc1. The van der Waals surface area contributed by atoms with E-state index in [-0.39, 0.29) is 11.3 Å². The minimum absolute atomic E-state index is 0.0441. The van der Waals surface area contributed by atoms with Crippen molar-refractivity contribution >= 4 is 21.7 Å². The summed E-state index contributed by atoms with van der Waals surface area (Å²) in [5.41, 5.74) is 0. The molecule has 1 saturated heterocycles. The van der Waals surface area contributed by atoms with Gasteiger partial charge in [-0.1, -0.05) is 25.1 Å². The molecule has 5 nitrogen and oxygen atoms in total. The Hall–Kier alpha value is -1.69. The predicted octanol–water partition coefficient (Wildman–Crippen LogP) is 0.511. The van der Waals surface area contributed by atoms with Gasteiger partial charge in [-0.3, -0.25) is 14.9 Å². The second kappa shape index (κ2) is 4.53. The van der Waals surface area contributed by atoms with Crippen molar-refractivity contribution in [3.05, 3.63) is 30.3 Å². The van der Waals surface area contributed by atoms with E-state index >= 15 is 0 Å². The maximum atomic E-state index is 12.3. The smallest absolute Gasteiger partial charge is 0.245 e. The molecule has 0 unspecified atom stereocenters. The highest BCUT2D eigenvalue weighted by Gasteiger charge is 2.42. The summed E-state index contributed by atoms with van der Waals surface area (Å²) in [6, 6.07) is 7.80. The van der Waals surface area contributed by atoms with Crippen molar-refractivity contribution in [3.8, 4) is 0 Å². The Morgan fingerprint density at radius 3 is 2.33 bits per heavy atom. The van der Waals surface area contributed by atoms with Gasteiger partial charge in [0.05, 0.1) is 4.90 Å². The van der Waals surface area contributed by atoms with Crippen molar-refractivity contribution < 1.29 is 18.0 Å². The van der Waals surface area contributed by atoms with Gasteiger partial charge in [-0.2, -0.15) is 0 Å². The summed E-state index contributed by atoms with van der Waals surface area (Å²) in [5, 5.41) is 0.882. The predicted molar refractivity (Wildman–Crippen MR) is 64.3 cm³/mol. The van der Waals surface area contributed by atoms with Crippen LogP contribution in [-0.2, 0) is 19.4 Å². The third kappa shape index (κ3) is 2.15. The maximum absolute atomic E-state index is 12.3. The van der Waals surface area contributed by atoms with Gasteiger partial charge in [0.2, 0.25) is 11.8 Å². The summed E-state index contributed by atoms with van der Waals surface area (Å²) in [7, 11) is -3.75. The number of nitrogens with one attached hydrogen (secondary N) is 1. The van der Waals surface area contributed by atoms with Gasteiger partial charge in [-0.05, 0) is 18.1 Å². The minimum atomic E-state index is -3.75. The van der Waals surface area contributed by atoms with Crippen LogP contribution in [0.25, 0.3) is 0 Å². The average Bonchev–Trinajstić information content (AvgIpc) is 2.28. The normalized spacial score (nSPS) is 24.7. The first-order valence-electron chi connectivity index (χ1n) is 5.55. The number of sulfone groups is 1. The molecular formula is C12H13NO4S. The van der Waals surface area contributed by atoms with E-state index in [2.05, 4.69) is 5.32 Å². The first kappa shape index (κ1) is 12.8. The zero-order valence-electron chi connectivity index (χ0n) is 9.79. The van der Waals surface area contributed by atoms with Crippen LogP contribution in [0.1, 0.15) is 13.3 Å². The molecular weight excluding hydrogens is 254 g/mol. The van der Waals surface area contributed by atoms with Gasteiger partial charge in [0.1, 0.15) is 5.25 Å². The van der Waals surface area contributed by atoms with Gasteiger partial charge in [-0.15, -0.1) is 0 Å². The number of carbonyl (C=O) groups excluding carboxylic acids is 2. The van der Waals surface area contributed by atoms with Crippen LogP contribution in [0.3, 0.4) is 0 Å². The molecule has 2 atom stereocenters. The molecule has 1 aliphatic heterocycles. The van der Waals surface area contributed by atoms with E-state index in [9.17, 15) is 18.0 Å². The first-order valence-corrected chi connectivity index (χ1v) is 7.10. The quantitative estimate of drug-likeness (QED) is 0.792. The van der Waals surface area contributed by atoms with Crippen molar-refractivity contribution in [2.45, 2.75) is 23.5 Å². The third-order valence-electron chi connectivity index (χ3n) is 2.95. The minimum Gasteiger partial charge on any atom is -0.295 e. The van der Waals surface area contributed by atoms with E-state index in [1.165, 1.54) is 12.1 Å². The summed E-state index contributed by atoms with van der Waals surface area (Å²) in [6.45, 7) is 1.60. The molecule has 2 amide bonds. The molecule has 0 saturated carbocycles. The van der Waals surface area contributed by atoms with Crippen LogP contribution in [-0.4, -0.2) is 25.5 Å². The van der Waals surface area contributed by atoms with E-state index in [1.807, 2.05) is 0 Å². The van der Waals surface area contributed by atoms with Crippen molar-refractivity contribution in [3.63, 3.8) is 0 Å². The molecule has 0 aliphatic carbocycles. The van der Waals surface area contributed by atoms with E-state index < -0.39 is 32.8 Å². The summed E-state index contributed by atoms with van der Waals surface area (Å²) in [4.78, 5) is 23.0. The second-order valence-corrected chi connectivity index (χ2v) is 6.44. The van der Waals surface area contributed by atoms with Crippen LogP contribution in [0.2, 0.25) is 0 Å². The molecule has 1 aromatic carbocycles. The van der Waals surface area contributed by atoms with Crippen LogP contribution in [0.5, 0.6) is 0 Å². The monoisotopic (exact) mass is 267 g/mol. The van der Waals surface area contributed by atoms with E-state index in [1.54, 1.807) is 25.1 Å². The molecule has 2 rings (SSSR count). The highest BCUT2D eigenvalue weighted by atomic mass is 32.2. The van der Waals surface area contributed by atoms with Gasteiger partial charge in [0.15, 0.2) is 9.84 Å². The van der Waals surface area contributed by atoms with Gasteiger partial charge >= 0.3 is 0 Å². The molecule has 1 aliphatic rings. The van der Waals surface area contributed by atoms with E-state index in [0.717, 1.165) is 0 Å². The number of hydrogen-bond donors (Lipinski definition) is 1. The van der Waals surface area contributed by atoms with Crippen LogP contribution >= 0.6 is 0 Å². The highest BCUT2D eigenvalue weighted by Crippen LogP contribution is 2.26. The third-order valence-corrected chi connectivity index (χ3v) is 5.23. The van der Waals surface area contributed by atoms with E-state index in [4.69, 9.17) is 0 Å². The fraction of sp³-hybridized carbons (Fsp3) is 0.333. The lowest BCUT2D eigenvalue weighted by Gasteiger charge is -2.26. The number of rotatable bonds is 2. The molecule has 1 aromatic rings. The Balaban J connectivity index is 2.42. The molecule has 1 N–H and O–H groups in total. The maximum Gasteiger partial charge on any atom is 0.245 e. The lowest BCUT2D eigenvalue weighted by Crippen LogP contribution is -2.51. The van der Waals surface area contributed by atoms with E-state index in [0.29, 0.717) is 0 Å². The fourth-order valence-electron chi connectivity index (χ4n) is 2.12. The van der Waals surface area contributed by atoms with Crippen LogP contribution in [0.4, 0.5) is 0 Å². The van der Waals surface area contributed by atoms with Gasteiger partial charge in [0, 0.05) is 6.42 Å². The number of carbonyl (C=O) groups is 2. The average molecular weight is 267 g/mol. The number of amides is 2. The van der Waals surface area contributed by atoms with Gasteiger partial charge < -0.3 is 0 Å². The Kier molecular flexibility index (Phi) is 3.21. The number of piperidine rings is 1. The number of imide groups is 1. The van der Waals surface area contributed by atoms with Crippen molar-refractivity contribution in [2.75, 3.05) is 0 Å². The first-order chi connectivity index (χ1) is 8.43.